The number of hydrogen-bond acceptors (Lipinski definition) is 6. The molecule has 1 aliphatic rings. The molecular weight excluding hydrogens is 420 g/mol. The maximum Gasteiger partial charge on any atom is 0.138 e. The molecule has 1 N–H and O–H groups in total. The average molecular weight is 453 g/mol. The lowest BCUT2D eigenvalue weighted by Crippen LogP contribution is -2.30. The first-order valence-electron chi connectivity index (χ1n) is 11.1. The Morgan fingerprint density at radius 2 is 1.75 bits per heavy atom. The lowest BCUT2D eigenvalue weighted by molar-refractivity contribution is 0.0736. The molecule has 2 atom stereocenters. The number of β-amino-alcohol motifs (C(OH)–C–C–N with tert-alkyl or cyclic N) is 1. The summed E-state index contributed by atoms with van der Waals surface area (Å²) >= 11 is 1.68. The number of benzene rings is 2. The third-order valence-corrected chi connectivity index (χ3v) is 7.27. The highest BCUT2D eigenvalue weighted by Gasteiger charge is 2.33. The topological polar surface area (TPSA) is 54.8 Å². The average Bonchev–Trinajstić information content (AvgIpc) is 3.32. The summed E-state index contributed by atoms with van der Waals surface area (Å²) in [6.07, 6.45) is 0.176. The molecule has 1 aliphatic heterocycles. The Morgan fingerprint density at radius 3 is 2.41 bits per heavy atom. The molecule has 2 heterocycles. The number of aliphatic hydroxyl groups is 1. The van der Waals surface area contributed by atoms with Gasteiger partial charge in [-0.2, -0.15) is 0 Å². The summed E-state index contributed by atoms with van der Waals surface area (Å²) in [7, 11) is 0. The van der Waals surface area contributed by atoms with E-state index in [1.807, 2.05) is 24.6 Å². The molecule has 0 bridgehead atoms. The smallest absolute Gasteiger partial charge is 0.138 e. The molecule has 0 unspecified atom stereocenters. The van der Waals surface area contributed by atoms with Crippen molar-refractivity contribution in [1.82, 2.24) is 9.88 Å². The second kappa shape index (κ2) is 10.0. The van der Waals surface area contributed by atoms with Crippen LogP contribution in [0.1, 0.15) is 32.8 Å². The summed E-state index contributed by atoms with van der Waals surface area (Å²) in [6, 6.07) is 12.4. The van der Waals surface area contributed by atoms with Crippen LogP contribution in [0, 0.1) is 27.7 Å². The fourth-order valence-electron chi connectivity index (χ4n) is 4.09. The van der Waals surface area contributed by atoms with Crippen LogP contribution in [-0.4, -0.2) is 46.9 Å². The Morgan fingerprint density at radius 1 is 1.03 bits per heavy atom. The maximum atomic E-state index is 10.5. The number of hydrogen-bond donors (Lipinski definition) is 1. The summed E-state index contributed by atoms with van der Waals surface area (Å²) in [4.78, 5) is 7.80. The molecule has 32 heavy (non-hydrogen) atoms. The first-order valence-corrected chi connectivity index (χ1v) is 12.0. The predicted molar refractivity (Wildman–Crippen MR) is 129 cm³/mol. The van der Waals surface area contributed by atoms with Gasteiger partial charge in [0.05, 0.1) is 17.8 Å². The maximum absolute atomic E-state index is 10.5. The van der Waals surface area contributed by atoms with Crippen LogP contribution in [-0.2, 0) is 13.0 Å². The van der Waals surface area contributed by atoms with Crippen molar-refractivity contribution in [3.05, 3.63) is 74.7 Å². The fourth-order valence-corrected chi connectivity index (χ4v) is 4.86. The van der Waals surface area contributed by atoms with Gasteiger partial charge in [0.1, 0.15) is 23.7 Å². The SMILES string of the molecule is Cc1cc(O[C@H]2CN(Cc3ccc(OCCc4scnc4C)cc3)C[C@@H]2O)cc(C)c1C. The summed E-state index contributed by atoms with van der Waals surface area (Å²) in [5.74, 6) is 1.72. The van der Waals surface area contributed by atoms with Gasteiger partial charge in [-0.1, -0.05) is 12.1 Å². The van der Waals surface area contributed by atoms with Gasteiger partial charge in [-0.3, -0.25) is 4.90 Å². The van der Waals surface area contributed by atoms with Crippen molar-refractivity contribution >= 4 is 11.3 Å². The van der Waals surface area contributed by atoms with E-state index in [-0.39, 0.29) is 6.10 Å². The van der Waals surface area contributed by atoms with Crippen LogP contribution in [0.4, 0.5) is 0 Å². The fraction of sp³-hybridized carbons (Fsp3) is 0.423. The number of aliphatic hydroxyl groups excluding tert-OH is 1. The molecule has 1 saturated heterocycles. The number of ether oxygens (including phenoxy) is 2. The predicted octanol–water partition coefficient (Wildman–Crippen LogP) is 4.62. The van der Waals surface area contributed by atoms with Crippen LogP contribution in [0.3, 0.4) is 0 Å². The molecule has 0 radical (unpaired) electrons. The van der Waals surface area contributed by atoms with Crippen molar-refractivity contribution < 1.29 is 14.6 Å². The molecule has 5 nitrogen and oxygen atoms in total. The van der Waals surface area contributed by atoms with Gasteiger partial charge in [-0.05, 0) is 74.2 Å². The number of thiazole rings is 1. The summed E-state index contributed by atoms with van der Waals surface area (Å²) in [5, 5.41) is 10.5. The highest BCUT2D eigenvalue weighted by Crippen LogP contribution is 2.25. The number of rotatable bonds is 8. The molecule has 2 aromatic carbocycles. The zero-order valence-electron chi connectivity index (χ0n) is 19.3. The van der Waals surface area contributed by atoms with E-state index >= 15 is 0 Å². The first kappa shape index (κ1) is 22.8. The van der Waals surface area contributed by atoms with E-state index in [1.54, 1.807) is 11.3 Å². The normalized spacial score (nSPS) is 18.8. The van der Waals surface area contributed by atoms with Crippen LogP contribution in [0.5, 0.6) is 11.5 Å². The van der Waals surface area contributed by atoms with Crippen LogP contribution >= 0.6 is 11.3 Å². The van der Waals surface area contributed by atoms with Crippen molar-refractivity contribution in [3.8, 4) is 11.5 Å². The zero-order chi connectivity index (χ0) is 22.7. The molecule has 1 aromatic heterocycles. The molecule has 4 rings (SSSR count). The molecular formula is C26H32N2O3S. The van der Waals surface area contributed by atoms with E-state index < -0.39 is 6.10 Å². The van der Waals surface area contributed by atoms with Crippen LogP contribution in [0.25, 0.3) is 0 Å². The Hall–Kier alpha value is -2.41. The van der Waals surface area contributed by atoms with Crippen molar-refractivity contribution in [2.24, 2.45) is 0 Å². The van der Waals surface area contributed by atoms with Gasteiger partial charge in [0, 0.05) is 30.9 Å². The third-order valence-electron chi connectivity index (χ3n) is 6.27. The highest BCUT2D eigenvalue weighted by molar-refractivity contribution is 7.09. The number of likely N-dealkylation sites (tertiary alicyclic amines) is 1. The van der Waals surface area contributed by atoms with E-state index in [0.29, 0.717) is 19.7 Å². The monoisotopic (exact) mass is 452 g/mol. The van der Waals surface area contributed by atoms with Crippen molar-refractivity contribution in [1.29, 1.82) is 0 Å². The van der Waals surface area contributed by atoms with Crippen LogP contribution < -0.4 is 9.47 Å². The quantitative estimate of drug-likeness (QED) is 0.540. The Balaban J connectivity index is 1.27. The van der Waals surface area contributed by atoms with Crippen LogP contribution in [0.15, 0.2) is 41.9 Å². The lowest BCUT2D eigenvalue weighted by Gasteiger charge is -2.19. The number of aryl methyl sites for hydroxylation is 3. The van der Waals surface area contributed by atoms with Crippen molar-refractivity contribution in [2.45, 2.75) is 52.9 Å². The molecule has 170 valence electrons. The molecule has 6 heteroatoms. The second-order valence-electron chi connectivity index (χ2n) is 8.70. The lowest BCUT2D eigenvalue weighted by atomic mass is 10.0. The standard InChI is InChI=1S/C26H32N2O3S/c1-17-11-23(12-18(2)19(17)3)31-25-15-28(14-24(25)29)13-21-5-7-22(8-6-21)30-10-9-26-20(4)27-16-32-26/h5-8,11-12,16,24-25,29H,9-10,13-15H2,1-4H3/t24-,25-/m0/s1. The number of aromatic nitrogens is 1. The first-order chi connectivity index (χ1) is 15.4. The largest absolute Gasteiger partial charge is 0.493 e. The second-order valence-corrected chi connectivity index (χ2v) is 9.64. The minimum Gasteiger partial charge on any atom is -0.493 e. The van der Waals surface area contributed by atoms with E-state index in [0.717, 1.165) is 30.2 Å². The van der Waals surface area contributed by atoms with Crippen LogP contribution in [0.2, 0.25) is 0 Å². The third kappa shape index (κ3) is 5.49. The summed E-state index contributed by atoms with van der Waals surface area (Å²) < 4.78 is 12.1. The summed E-state index contributed by atoms with van der Waals surface area (Å²) in [6.45, 7) is 11.1. The van der Waals surface area contributed by atoms with Crippen molar-refractivity contribution in [3.63, 3.8) is 0 Å². The summed E-state index contributed by atoms with van der Waals surface area (Å²) in [5.41, 5.74) is 7.90. The van der Waals surface area contributed by atoms with Gasteiger partial charge in [-0.15, -0.1) is 11.3 Å². The highest BCUT2D eigenvalue weighted by atomic mass is 32.1. The molecule has 0 aliphatic carbocycles. The minimum atomic E-state index is -0.491. The van der Waals surface area contributed by atoms with Gasteiger partial charge in [-0.25, -0.2) is 4.98 Å². The van der Waals surface area contributed by atoms with Gasteiger partial charge in [0.2, 0.25) is 0 Å². The zero-order valence-corrected chi connectivity index (χ0v) is 20.1. The molecule has 3 aromatic rings. The van der Waals surface area contributed by atoms with E-state index in [9.17, 15) is 5.11 Å². The van der Waals surface area contributed by atoms with E-state index in [1.165, 1.54) is 27.1 Å². The van der Waals surface area contributed by atoms with E-state index in [4.69, 9.17) is 9.47 Å². The minimum absolute atomic E-state index is 0.214. The van der Waals surface area contributed by atoms with Gasteiger partial charge in [0.25, 0.3) is 0 Å². The Bertz CT molecular complexity index is 1020. The molecule has 0 amide bonds. The molecule has 0 spiro atoms. The van der Waals surface area contributed by atoms with Gasteiger partial charge >= 0.3 is 0 Å². The Kier molecular flexibility index (Phi) is 7.13. The van der Waals surface area contributed by atoms with Gasteiger partial charge < -0.3 is 14.6 Å². The van der Waals surface area contributed by atoms with Crippen molar-refractivity contribution in [2.75, 3.05) is 19.7 Å². The van der Waals surface area contributed by atoms with Gasteiger partial charge in [0.15, 0.2) is 0 Å². The van der Waals surface area contributed by atoms with E-state index in [2.05, 4.69) is 54.9 Å². The number of nitrogens with zero attached hydrogens (tertiary/aromatic N) is 2. The molecule has 0 saturated carbocycles. The molecule has 1 fully saturated rings. The Labute approximate surface area is 194 Å².